The van der Waals surface area contributed by atoms with E-state index in [0.717, 1.165) is 16.9 Å². The molecule has 0 aliphatic heterocycles. The van der Waals surface area contributed by atoms with E-state index in [2.05, 4.69) is 16.7 Å². The number of aliphatic imine (C=N–C) groups is 1. The third-order valence-electron chi connectivity index (χ3n) is 2.19. The normalized spacial score (nSPS) is 12.2. The van der Waals surface area contributed by atoms with Gasteiger partial charge in [0, 0.05) is 23.5 Å². The second-order valence-corrected chi connectivity index (χ2v) is 3.34. The van der Waals surface area contributed by atoms with Crippen molar-refractivity contribution in [3.05, 3.63) is 42.1 Å². The van der Waals surface area contributed by atoms with Crippen LogP contribution in [0.5, 0.6) is 5.75 Å². The van der Waals surface area contributed by atoms with Crippen LogP contribution in [0.25, 0.3) is 5.57 Å². The van der Waals surface area contributed by atoms with Crippen molar-refractivity contribution in [2.75, 3.05) is 14.2 Å². The highest BCUT2D eigenvalue weighted by Gasteiger charge is 2.02. The summed E-state index contributed by atoms with van der Waals surface area (Å²) < 4.78 is 10.2. The summed E-state index contributed by atoms with van der Waals surface area (Å²) in [7, 11) is 3.22. The summed E-state index contributed by atoms with van der Waals surface area (Å²) in [5.74, 6) is 1.48. The van der Waals surface area contributed by atoms with Gasteiger partial charge in [0.25, 0.3) is 0 Å². The largest absolute Gasteiger partial charge is 0.501 e. The fourth-order valence-corrected chi connectivity index (χ4v) is 1.26. The summed E-state index contributed by atoms with van der Waals surface area (Å²) >= 11 is 0. The fraction of sp³-hybridized carbons (Fsp3) is 0.231. The highest BCUT2D eigenvalue weighted by atomic mass is 16.5. The Balaban J connectivity index is 3.14. The Kier molecular flexibility index (Phi) is 4.94. The lowest BCUT2D eigenvalue weighted by Crippen LogP contribution is -1.89. The Morgan fingerprint density at radius 1 is 1.41 bits per heavy atom. The van der Waals surface area contributed by atoms with Crippen LogP contribution in [0.3, 0.4) is 0 Å². The van der Waals surface area contributed by atoms with Crippen LogP contribution < -0.4 is 4.74 Å². The zero-order chi connectivity index (χ0) is 12.7. The van der Waals surface area contributed by atoms with Gasteiger partial charge in [-0.1, -0.05) is 0 Å². The molecule has 0 bridgehead atoms. The minimum Gasteiger partial charge on any atom is -0.501 e. The summed E-state index contributed by atoms with van der Waals surface area (Å²) in [6, 6.07) is 1.88. The number of rotatable bonds is 5. The number of pyridine rings is 1. The molecule has 0 radical (unpaired) electrons. The van der Waals surface area contributed by atoms with Crippen molar-refractivity contribution < 1.29 is 9.47 Å². The van der Waals surface area contributed by atoms with E-state index in [-0.39, 0.29) is 0 Å². The van der Waals surface area contributed by atoms with E-state index < -0.39 is 0 Å². The third-order valence-corrected chi connectivity index (χ3v) is 2.19. The SMILES string of the molecule is C=N/C=C(\C=C(/C)OC)c1cncc(OC)c1. The summed E-state index contributed by atoms with van der Waals surface area (Å²) in [6.07, 6.45) is 6.90. The first-order valence-corrected chi connectivity index (χ1v) is 5.09. The van der Waals surface area contributed by atoms with Crippen molar-refractivity contribution in [1.82, 2.24) is 4.98 Å². The number of allylic oxidation sites excluding steroid dienone is 3. The lowest BCUT2D eigenvalue weighted by molar-refractivity contribution is 0.294. The second kappa shape index (κ2) is 6.48. The number of ether oxygens (including phenoxy) is 2. The molecule has 0 aliphatic carbocycles. The zero-order valence-corrected chi connectivity index (χ0v) is 10.3. The summed E-state index contributed by atoms with van der Waals surface area (Å²) in [5, 5.41) is 0. The topological polar surface area (TPSA) is 43.7 Å². The minimum absolute atomic E-state index is 0.695. The van der Waals surface area contributed by atoms with Crippen LogP contribution in [0.2, 0.25) is 0 Å². The molecule has 0 spiro atoms. The maximum absolute atomic E-state index is 5.13. The molecular formula is C13H16N2O2. The van der Waals surface area contributed by atoms with E-state index in [9.17, 15) is 0 Å². The van der Waals surface area contributed by atoms with Crippen LogP contribution in [0.15, 0.2) is 41.5 Å². The molecular weight excluding hydrogens is 216 g/mol. The van der Waals surface area contributed by atoms with Gasteiger partial charge in [0.2, 0.25) is 0 Å². The van der Waals surface area contributed by atoms with Crippen molar-refractivity contribution in [3.8, 4) is 5.75 Å². The minimum atomic E-state index is 0.695. The third kappa shape index (κ3) is 3.75. The molecule has 90 valence electrons. The molecule has 0 aromatic carbocycles. The smallest absolute Gasteiger partial charge is 0.137 e. The molecule has 0 atom stereocenters. The summed E-state index contributed by atoms with van der Waals surface area (Å²) in [4.78, 5) is 7.87. The predicted octanol–water partition coefficient (Wildman–Crippen LogP) is 2.68. The van der Waals surface area contributed by atoms with Crippen LogP contribution in [0.4, 0.5) is 0 Å². The summed E-state index contributed by atoms with van der Waals surface area (Å²) in [5.41, 5.74) is 1.76. The van der Waals surface area contributed by atoms with E-state index in [4.69, 9.17) is 9.47 Å². The lowest BCUT2D eigenvalue weighted by atomic mass is 10.1. The van der Waals surface area contributed by atoms with Crippen LogP contribution in [0.1, 0.15) is 12.5 Å². The van der Waals surface area contributed by atoms with Crippen molar-refractivity contribution >= 4 is 12.3 Å². The van der Waals surface area contributed by atoms with Gasteiger partial charge in [-0.15, -0.1) is 0 Å². The van der Waals surface area contributed by atoms with Crippen molar-refractivity contribution in [3.63, 3.8) is 0 Å². The number of nitrogens with zero attached hydrogens (tertiary/aromatic N) is 2. The van der Waals surface area contributed by atoms with Crippen LogP contribution in [-0.4, -0.2) is 25.9 Å². The second-order valence-electron chi connectivity index (χ2n) is 3.34. The molecule has 4 nitrogen and oxygen atoms in total. The predicted molar refractivity (Wildman–Crippen MR) is 69.1 cm³/mol. The van der Waals surface area contributed by atoms with E-state index in [1.54, 1.807) is 32.8 Å². The first kappa shape index (κ1) is 13.0. The zero-order valence-electron chi connectivity index (χ0n) is 10.3. The molecule has 0 N–H and O–H groups in total. The van der Waals surface area contributed by atoms with Gasteiger partial charge in [0.1, 0.15) is 5.75 Å². The van der Waals surface area contributed by atoms with Crippen LogP contribution >= 0.6 is 0 Å². The van der Waals surface area contributed by atoms with Crippen molar-refractivity contribution in [2.24, 2.45) is 4.99 Å². The number of methoxy groups -OCH3 is 2. The van der Waals surface area contributed by atoms with E-state index in [1.807, 2.05) is 19.1 Å². The maximum Gasteiger partial charge on any atom is 0.137 e. The monoisotopic (exact) mass is 232 g/mol. The average molecular weight is 232 g/mol. The average Bonchev–Trinajstić information content (AvgIpc) is 2.38. The van der Waals surface area contributed by atoms with E-state index in [0.29, 0.717) is 5.75 Å². The van der Waals surface area contributed by atoms with Crippen molar-refractivity contribution in [1.29, 1.82) is 0 Å². The van der Waals surface area contributed by atoms with Gasteiger partial charge in [-0.3, -0.25) is 9.98 Å². The Labute approximate surface area is 101 Å². The molecule has 1 aromatic rings. The summed E-state index contributed by atoms with van der Waals surface area (Å²) in [6.45, 7) is 5.32. The maximum atomic E-state index is 5.13. The Morgan fingerprint density at radius 3 is 2.76 bits per heavy atom. The highest BCUT2D eigenvalue weighted by Crippen LogP contribution is 2.21. The first-order chi connectivity index (χ1) is 8.21. The molecule has 1 heterocycles. The number of hydrogen-bond donors (Lipinski definition) is 0. The Morgan fingerprint density at radius 2 is 2.18 bits per heavy atom. The van der Waals surface area contributed by atoms with Crippen LogP contribution in [0, 0.1) is 0 Å². The molecule has 17 heavy (non-hydrogen) atoms. The fourth-order valence-electron chi connectivity index (χ4n) is 1.26. The lowest BCUT2D eigenvalue weighted by Gasteiger charge is -2.05. The molecule has 0 amide bonds. The molecule has 0 fully saturated rings. The molecule has 1 aromatic heterocycles. The van der Waals surface area contributed by atoms with Gasteiger partial charge in [0.15, 0.2) is 0 Å². The number of aromatic nitrogens is 1. The molecule has 4 heteroatoms. The standard InChI is InChI=1S/C13H16N2O2/c1-10(16-3)5-11(7-14-2)12-6-13(17-4)9-15-8-12/h5-9H,2H2,1,3-4H3/b10-5+,11-7+. The highest BCUT2D eigenvalue weighted by molar-refractivity contribution is 5.74. The van der Waals surface area contributed by atoms with Crippen molar-refractivity contribution in [2.45, 2.75) is 6.92 Å². The first-order valence-electron chi connectivity index (χ1n) is 5.09. The van der Waals surface area contributed by atoms with E-state index in [1.165, 1.54) is 0 Å². The van der Waals surface area contributed by atoms with Gasteiger partial charge in [0.05, 0.1) is 26.2 Å². The Hall–Kier alpha value is -2.10. The van der Waals surface area contributed by atoms with Gasteiger partial charge in [-0.25, -0.2) is 0 Å². The number of hydrogen-bond acceptors (Lipinski definition) is 4. The Bertz CT molecular complexity index is 450. The van der Waals surface area contributed by atoms with Gasteiger partial charge >= 0.3 is 0 Å². The molecule has 0 unspecified atom stereocenters. The van der Waals surface area contributed by atoms with Gasteiger partial charge in [-0.05, 0) is 25.8 Å². The van der Waals surface area contributed by atoms with Crippen LogP contribution in [-0.2, 0) is 4.74 Å². The van der Waals surface area contributed by atoms with Gasteiger partial charge in [-0.2, -0.15) is 0 Å². The van der Waals surface area contributed by atoms with E-state index >= 15 is 0 Å². The molecule has 1 rings (SSSR count). The quantitative estimate of drug-likeness (QED) is 0.445. The van der Waals surface area contributed by atoms with Gasteiger partial charge < -0.3 is 9.47 Å². The molecule has 0 aliphatic rings. The molecule has 0 saturated carbocycles. The molecule has 0 saturated heterocycles.